The van der Waals surface area contributed by atoms with Gasteiger partial charge in [-0.1, -0.05) is 50.6 Å². The monoisotopic (exact) mass is 234 g/mol. The molecule has 0 spiro atoms. The quantitative estimate of drug-likeness (QED) is 0.786. The lowest BCUT2D eigenvalue weighted by Gasteiger charge is -2.32. The van der Waals surface area contributed by atoms with Crippen molar-refractivity contribution in [2.24, 2.45) is 5.73 Å². The highest BCUT2D eigenvalue weighted by Crippen LogP contribution is 2.18. The summed E-state index contributed by atoms with van der Waals surface area (Å²) in [5.41, 5.74) is 7.40. The van der Waals surface area contributed by atoms with Crippen LogP contribution in [0.3, 0.4) is 0 Å². The van der Waals surface area contributed by atoms with E-state index < -0.39 is 0 Å². The van der Waals surface area contributed by atoms with Crippen molar-refractivity contribution in [1.82, 2.24) is 4.90 Å². The Bertz CT molecular complexity index is 306. The van der Waals surface area contributed by atoms with Crippen molar-refractivity contribution in [3.8, 4) is 0 Å². The molecule has 0 bridgehead atoms. The third-order valence-electron chi connectivity index (χ3n) is 3.26. The third kappa shape index (κ3) is 4.49. The van der Waals surface area contributed by atoms with Crippen molar-refractivity contribution in [1.29, 1.82) is 0 Å². The Kier molecular flexibility index (Phi) is 5.66. The molecule has 96 valence electrons. The largest absolute Gasteiger partial charge is 0.321 e. The zero-order valence-electron chi connectivity index (χ0n) is 11.4. The van der Waals surface area contributed by atoms with E-state index in [0.717, 1.165) is 19.6 Å². The van der Waals surface area contributed by atoms with Crippen LogP contribution in [0.2, 0.25) is 0 Å². The first-order chi connectivity index (χ1) is 8.10. The summed E-state index contributed by atoms with van der Waals surface area (Å²) in [6.45, 7) is 9.69. The number of hydrogen-bond donors (Lipinski definition) is 1. The van der Waals surface area contributed by atoms with Gasteiger partial charge in [-0.3, -0.25) is 0 Å². The van der Waals surface area contributed by atoms with Gasteiger partial charge in [0, 0.05) is 6.54 Å². The van der Waals surface area contributed by atoms with Crippen molar-refractivity contribution in [3.05, 3.63) is 35.9 Å². The molecule has 0 fully saturated rings. The number of hydrogen-bond acceptors (Lipinski definition) is 2. The van der Waals surface area contributed by atoms with Gasteiger partial charge in [-0.2, -0.15) is 0 Å². The molecule has 0 saturated heterocycles. The molecule has 0 aliphatic heterocycles. The Morgan fingerprint density at radius 1 is 1.18 bits per heavy atom. The van der Waals surface area contributed by atoms with Crippen molar-refractivity contribution in [2.45, 2.75) is 39.2 Å². The van der Waals surface area contributed by atoms with E-state index >= 15 is 0 Å². The molecule has 1 rings (SSSR count). The summed E-state index contributed by atoms with van der Waals surface area (Å²) in [5, 5.41) is 0. The Labute approximate surface area is 106 Å². The fourth-order valence-corrected chi connectivity index (χ4v) is 2.11. The zero-order chi connectivity index (χ0) is 12.7. The minimum absolute atomic E-state index is 0.259. The van der Waals surface area contributed by atoms with Gasteiger partial charge < -0.3 is 10.6 Å². The van der Waals surface area contributed by atoms with Gasteiger partial charge >= 0.3 is 0 Å². The van der Waals surface area contributed by atoms with Crippen molar-refractivity contribution in [3.63, 3.8) is 0 Å². The van der Waals surface area contributed by atoms with E-state index in [-0.39, 0.29) is 5.54 Å². The lowest BCUT2D eigenvalue weighted by Crippen LogP contribution is -2.45. The minimum Gasteiger partial charge on any atom is -0.321 e. The maximum absolute atomic E-state index is 6.44. The van der Waals surface area contributed by atoms with Crippen LogP contribution in [0.4, 0.5) is 0 Å². The fourth-order valence-electron chi connectivity index (χ4n) is 2.11. The standard InChI is InChI=1S/C15H26N2/c1-4-6-12-17(5-2)13-15(3,16)14-10-8-7-9-11-14/h7-11H,4-6,12-13,16H2,1-3H3. The number of nitrogens with two attached hydrogens (primary N) is 1. The molecule has 2 nitrogen and oxygen atoms in total. The van der Waals surface area contributed by atoms with E-state index in [2.05, 4.69) is 49.9 Å². The number of rotatable bonds is 7. The summed E-state index contributed by atoms with van der Waals surface area (Å²) >= 11 is 0. The average Bonchev–Trinajstić information content (AvgIpc) is 2.35. The van der Waals surface area contributed by atoms with Crippen LogP contribution in [-0.2, 0) is 5.54 Å². The molecule has 0 heterocycles. The molecule has 2 heteroatoms. The normalized spacial score (nSPS) is 14.9. The van der Waals surface area contributed by atoms with Crippen LogP contribution in [0.1, 0.15) is 39.2 Å². The zero-order valence-corrected chi connectivity index (χ0v) is 11.4. The first-order valence-corrected chi connectivity index (χ1v) is 6.67. The van der Waals surface area contributed by atoms with E-state index in [1.807, 2.05) is 6.07 Å². The summed E-state index contributed by atoms with van der Waals surface area (Å²) in [4.78, 5) is 2.44. The maximum Gasteiger partial charge on any atom is 0.0509 e. The first-order valence-electron chi connectivity index (χ1n) is 6.67. The summed E-state index contributed by atoms with van der Waals surface area (Å²) in [6, 6.07) is 10.4. The predicted molar refractivity (Wildman–Crippen MR) is 75.0 cm³/mol. The van der Waals surface area contributed by atoms with Crippen LogP contribution in [0, 0.1) is 0 Å². The summed E-state index contributed by atoms with van der Waals surface area (Å²) in [6.07, 6.45) is 2.49. The molecular weight excluding hydrogens is 208 g/mol. The minimum atomic E-state index is -0.259. The molecule has 2 N–H and O–H groups in total. The number of likely N-dealkylation sites (N-methyl/N-ethyl adjacent to an activating group) is 1. The molecule has 1 aromatic rings. The van der Waals surface area contributed by atoms with E-state index in [1.165, 1.54) is 18.4 Å². The second-order valence-electron chi connectivity index (χ2n) is 5.01. The first kappa shape index (κ1) is 14.2. The summed E-state index contributed by atoms with van der Waals surface area (Å²) in [7, 11) is 0. The highest BCUT2D eigenvalue weighted by molar-refractivity contribution is 5.23. The van der Waals surface area contributed by atoms with E-state index in [9.17, 15) is 0 Å². The predicted octanol–water partition coefficient (Wildman–Crippen LogP) is 2.98. The Morgan fingerprint density at radius 2 is 1.82 bits per heavy atom. The molecule has 17 heavy (non-hydrogen) atoms. The fraction of sp³-hybridized carbons (Fsp3) is 0.600. The number of benzene rings is 1. The smallest absolute Gasteiger partial charge is 0.0509 e. The molecule has 0 aromatic heterocycles. The Hall–Kier alpha value is -0.860. The molecular formula is C15H26N2. The van der Waals surface area contributed by atoms with Gasteiger partial charge in [0.05, 0.1) is 5.54 Å². The SMILES string of the molecule is CCCCN(CC)CC(C)(N)c1ccccc1. The van der Waals surface area contributed by atoms with Crippen LogP contribution in [-0.4, -0.2) is 24.5 Å². The number of nitrogens with zero attached hydrogens (tertiary/aromatic N) is 1. The maximum atomic E-state index is 6.44. The molecule has 1 unspecified atom stereocenters. The van der Waals surface area contributed by atoms with Gasteiger partial charge in [-0.25, -0.2) is 0 Å². The number of unbranched alkanes of at least 4 members (excludes halogenated alkanes) is 1. The molecule has 0 aliphatic rings. The third-order valence-corrected chi connectivity index (χ3v) is 3.26. The summed E-state index contributed by atoms with van der Waals surface area (Å²) < 4.78 is 0. The van der Waals surface area contributed by atoms with Gasteiger partial charge in [-0.05, 0) is 32.0 Å². The van der Waals surface area contributed by atoms with Crippen molar-refractivity contribution < 1.29 is 0 Å². The highest BCUT2D eigenvalue weighted by atomic mass is 15.1. The van der Waals surface area contributed by atoms with E-state index in [0.29, 0.717) is 0 Å². The molecule has 0 radical (unpaired) electrons. The second-order valence-corrected chi connectivity index (χ2v) is 5.01. The molecule has 1 atom stereocenters. The second kappa shape index (κ2) is 6.77. The van der Waals surface area contributed by atoms with Crippen LogP contribution >= 0.6 is 0 Å². The lowest BCUT2D eigenvalue weighted by atomic mass is 9.92. The van der Waals surface area contributed by atoms with E-state index in [4.69, 9.17) is 5.73 Å². The highest BCUT2D eigenvalue weighted by Gasteiger charge is 2.23. The van der Waals surface area contributed by atoms with Gasteiger partial charge in [-0.15, -0.1) is 0 Å². The van der Waals surface area contributed by atoms with Crippen LogP contribution in [0.15, 0.2) is 30.3 Å². The van der Waals surface area contributed by atoms with E-state index in [1.54, 1.807) is 0 Å². The Balaban J connectivity index is 2.64. The van der Waals surface area contributed by atoms with Gasteiger partial charge in [0.15, 0.2) is 0 Å². The van der Waals surface area contributed by atoms with Gasteiger partial charge in [0.1, 0.15) is 0 Å². The Morgan fingerprint density at radius 3 is 2.35 bits per heavy atom. The van der Waals surface area contributed by atoms with Crippen LogP contribution < -0.4 is 5.73 Å². The van der Waals surface area contributed by atoms with Crippen molar-refractivity contribution in [2.75, 3.05) is 19.6 Å². The lowest BCUT2D eigenvalue weighted by molar-refractivity contribution is 0.224. The van der Waals surface area contributed by atoms with Gasteiger partial charge in [0.25, 0.3) is 0 Å². The molecule has 0 saturated carbocycles. The molecule has 0 aliphatic carbocycles. The summed E-state index contributed by atoms with van der Waals surface area (Å²) in [5.74, 6) is 0. The van der Waals surface area contributed by atoms with Gasteiger partial charge in [0.2, 0.25) is 0 Å². The van der Waals surface area contributed by atoms with Crippen LogP contribution in [0.5, 0.6) is 0 Å². The topological polar surface area (TPSA) is 29.3 Å². The van der Waals surface area contributed by atoms with Crippen LogP contribution in [0.25, 0.3) is 0 Å². The molecule has 1 aromatic carbocycles. The average molecular weight is 234 g/mol. The van der Waals surface area contributed by atoms with Crippen molar-refractivity contribution >= 4 is 0 Å². The molecule has 0 amide bonds.